The lowest BCUT2D eigenvalue weighted by atomic mass is 9.82. The third kappa shape index (κ3) is 3.96. The number of carbonyl (C=O) groups excluding carboxylic acids is 1. The second-order valence-corrected chi connectivity index (χ2v) is 8.65. The Morgan fingerprint density at radius 2 is 1.88 bits per heavy atom. The van der Waals surface area contributed by atoms with Crippen LogP contribution in [0.15, 0.2) is 18.2 Å². The second-order valence-electron chi connectivity index (χ2n) is 8.65. The zero-order chi connectivity index (χ0) is 18.1. The summed E-state index contributed by atoms with van der Waals surface area (Å²) in [5.74, 6) is 0.576. The third-order valence-electron chi connectivity index (χ3n) is 6.58. The normalized spacial score (nSPS) is 26.0. The van der Waals surface area contributed by atoms with Gasteiger partial charge in [0.1, 0.15) is 0 Å². The lowest BCUT2D eigenvalue weighted by molar-refractivity contribution is -0.132. The fraction of sp³-hybridized carbons (Fsp3) is 0.682. The number of rotatable bonds is 4. The molecule has 0 unspecified atom stereocenters. The molecule has 0 radical (unpaired) electrons. The summed E-state index contributed by atoms with van der Waals surface area (Å²) in [6.45, 7) is 8.41. The molecule has 26 heavy (non-hydrogen) atoms. The first kappa shape index (κ1) is 18.0. The molecule has 4 rings (SSSR count). The molecule has 3 fully saturated rings. The molecular weight excluding hydrogens is 324 g/mol. The number of hydrogen-bond acceptors (Lipinski definition) is 3. The summed E-state index contributed by atoms with van der Waals surface area (Å²) in [5.41, 5.74) is 4.24. The number of hydrogen-bond donors (Lipinski definition) is 1. The molecule has 1 spiro atoms. The molecule has 0 aromatic heterocycles. The maximum absolute atomic E-state index is 12.1. The summed E-state index contributed by atoms with van der Waals surface area (Å²) in [6, 6.07) is 6.88. The zero-order valence-electron chi connectivity index (χ0n) is 16.2. The van der Waals surface area contributed by atoms with Gasteiger partial charge in [-0.2, -0.15) is 0 Å². The van der Waals surface area contributed by atoms with Gasteiger partial charge in [0, 0.05) is 38.2 Å². The summed E-state index contributed by atoms with van der Waals surface area (Å²) >= 11 is 0. The van der Waals surface area contributed by atoms with E-state index in [1.54, 1.807) is 0 Å². The summed E-state index contributed by atoms with van der Waals surface area (Å²) < 4.78 is 6.26. The Bertz CT molecular complexity index is 640. The number of aryl methyl sites for hydroxylation is 2. The van der Waals surface area contributed by atoms with E-state index in [2.05, 4.69) is 42.3 Å². The number of piperidine rings is 1. The minimum Gasteiger partial charge on any atom is -0.375 e. The number of benzene rings is 1. The average Bonchev–Trinajstić information content (AvgIpc) is 3.45. The van der Waals surface area contributed by atoms with E-state index in [4.69, 9.17) is 4.74 Å². The second kappa shape index (κ2) is 7.32. The maximum atomic E-state index is 12.1. The first-order valence-electron chi connectivity index (χ1n) is 10.3. The van der Waals surface area contributed by atoms with Crippen molar-refractivity contribution in [3.8, 4) is 0 Å². The van der Waals surface area contributed by atoms with Crippen LogP contribution in [0.2, 0.25) is 0 Å². The first-order valence-corrected chi connectivity index (χ1v) is 10.3. The minimum atomic E-state index is -0.0168. The van der Waals surface area contributed by atoms with Crippen molar-refractivity contribution in [2.45, 2.75) is 70.6 Å². The Kier molecular flexibility index (Phi) is 5.07. The van der Waals surface area contributed by atoms with Crippen LogP contribution in [-0.4, -0.2) is 42.1 Å². The van der Waals surface area contributed by atoms with Gasteiger partial charge < -0.3 is 10.1 Å². The molecule has 1 aromatic carbocycles. The smallest absolute Gasteiger partial charge is 0.223 e. The third-order valence-corrected chi connectivity index (χ3v) is 6.58. The van der Waals surface area contributed by atoms with Crippen molar-refractivity contribution in [2.75, 3.05) is 19.7 Å². The number of amides is 1. The highest BCUT2D eigenvalue weighted by Crippen LogP contribution is 2.36. The Morgan fingerprint density at radius 1 is 1.19 bits per heavy atom. The van der Waals surface area contributed by atoms with Crippen molar-refractivity contribution in [1.29, 1.82) is 0 Å². The van der Waals surface area contributed by atoms with Crippen LogP contribution in [0.5, 0.6) is 0 Å². The summed E-state index contributed by atoms with van der Waals surface area (Å²) in [4.78, 5) is 14.7. The SMILES string of the molecule is Cc1cccc(C)c1CN1CCC2(CC1)C[C@H](NC(=O)C1CC1)CCO2. The Balaban J connectivity index is 1.32. The van der Waals surface area contributed by atoms with Crippen LogP contribution in [0.3, 0.4) is 0 Å². The van der Waals surface area contributed by atoms with E-state index < -0.39 is 0 Å². The summed E-state index contributed by atoms with van der Waals surface area (Å²) in [7, 11) is 0. The summed E-state index contributed by atoms with van der Waals surface area (Å²) in [5, 5.41) is 3.29. The van der Waals surface area contributed by atoms with Gasteiger partial charge in [0.25, 0.3) is 0 Å². The zero-order valence-corrected chi connectivity index (χ0v) is 16.2. The standard InChI is InChI=1S/C22H32N2O2/c1-16-4-3-5-17(2)20(16)15-24-11-9-22(10-12-24)14-19(8-13-26-22)23-21(25)18-6-7-18/h3-5,18-19H,6-15H2,1-2H3,(H,23,25)/t19-/m1/s1. The first-order chi connectivity index (χ1) is 12.5. The molecule has 2 aliphatic heterocycles. The van der Waals surface area contributed by atoms with Crippen molar-refractivity contribution >= 4 is 5.91 Å². The molecule has 4 nitrogen and oxygen atoms in total. The Morgan fingerprint density at radius 3 is 2.54 bits per heavy atom. The molecular formula is C22H32N2O2. The molecule has 1 amide bonds. The predicted octanol–water partition coefficient (Wildman–Crippen LogP) is 3.34. The molecule has 0 bridgehead atoms. The van der Waals surface area contributed by atoms with Crippen LogP contribution >= 0.6 is 0 Å². The number of nitrogens with one attached hydrogen (secondary N) is 1. The molecule has 1 saturated carbocycles. The van der Waals surface area contributed by atoms with Crippen LogP contribution in [0.4, 0.5) is 0 Å². The van der Waals surface area contributed by atoms with E-state index in [0.29, 0.717) is 12.0 Å². The highest BCUT2D eigenvalue weighted by Gasteiger charge is 2.41. The van der Waals surface area contributed by atoms with E-state index in [1.807, 2.05) is 0 Å². The van der Waals surface area contributed by atoms with Crippen LogP contribution in [0.1, 0.15) is 55.2 Å². The minimum absolute atomic E-state index is 0.0168. The van der Waals surface area contributed by atoms with E-state index in [9.17, 15) is 4.79 Å². The van der Waals surface area contributed by atoms with E-state index in [0.717, 1.165) is 64.8 Å². The van der Waals surface area contributed by atoms with Crippen molar-refractivity contribution in [3.63, 3.8) is 0 Å². The topological polar surface area (TPSA) is 41.6 Å². The van der Waals surface area contributed by atoms with Crippen molar-refractivity contribution in [2.24, 2.45) is 5.92 Å². The predicted molar refractivity (Wildman–Crippen MR) is 103 cm³/mol. The number of nitrogens with zero attached hydrogens (tertiary/aromatic N) is 1. The number of likely N-dealkylation sites (tertiary alicyclic amines) is 1. The Labute approximate surface area is 157 Å². The van der Waals surface area contributed by atoms with E-state index >= 15 is 0 Å². The van der Waals surface area contributed by atoms with Gasteiger partial charge in [-0.3, -0.25) is 9.69 Å². The van der Waals surface area contributed by atoms with Gasteiger partial charge in [0.15, 0.2) is 0 Å². The average molecular weight is 357 g/mol. The van der Waals surface area contributed by atoms with Gasteiger partial charge in [0.05, 0.1) is 5.60 Å². The molecule has 2 heterocycles. The van der Waals surface area contributed by atoms with Gasteiger partial charge in [-0.1, -0.05) is 18.2 Å². The molecule has 4 heteroatoms. The molecule has 1 aromatic rings. The van der Waals surface area contributed by atoms with Gasteiger partial charge in [-0.25, -0.2) is 0 Å². The van der Waals surface area contributed by atoms with Crippen molar-refractivity contribution in [1.82, 2.24) is 10.2 Å². The van der Waals surface area contributed by atoms with Crippen molar-refractivity contribution < 1.29 is 9.53 Å². The van der Waals surface area contributed by atoms with E-state index in [1.165, 1.54) is 16.7 Å². The lowest BCUT2D eigenvalue weighted by Gasteiger charge is -2.46. The van der Waals surface area contributed by atoms with Gasteiger partial charge in [-0.15, -0.1) is 0 Å². The summed E-state index contributed by atoms with van der Waals surface area (Å²) in [6.07, 6.45) is 6.26. The highest BCUT2D eigenvalue weighted by molar-refractivity contribution is 5.81. The van der Waals surface area contributed by atoms with Crippen LogP contribution < -0.4 is 5.32 Å². The van der Waals surface area contributed by atoms with Crippen molar-refractivity contribution in [3.05, 3.63) is 34.9 Å². The fourth-order valence-corrected chi connectivity index (χ4v) is 4.60. The molecule has 1 atom stereocenters. The highest BCUT2D eigenvalue weighted by atomic mass is 16.5. The van der Waals surface area contributed by atoms with Gasteiger partial charge in [0.2, 0.25) is 5.91 Å². The van der Waals surface area contributed by atoms with Gasteiger partial charge >= 0.3 is 0 Å². The Hall–Kier alpha value is -1.39. The van der Waals surface area contributed by atoms with Crippen LogP contribution in [0.25, 0.3) is 0 Å². The molecule has 2 saturated heterocycles. The van der Waals surface area contributed by atoms with Crippen LogP contribution in [-0.2, 0) is 16.1 Å². The largest absolute Gasteiger partial charge is 0.375 e. The molecule has 142 valence electrons. The van der Waals surface area contributed by atoms with Gasteiger partial charge in [-0.05, 0) is 69.1 Å². The number of carbonyl (C=O) groups is 1. The monoisotopic (exact) mass is 356 g/mol. The molecule has 3 aliphatic rings. The fourth-order valence-electron chi connectivity index (χ4n) is 4.60. The number of ether oxygens (including phenoxy) is 1. The van der Waals surface area contributed by atoms with E-state index in [-0.39, 0.29) is 11.5 Å². The lowest BCUT2D eigenvalue weighted by Crippen LogP contribution is -2.53. The quantitative estimate of drug-likeness (QED) is 0.900. The molecule has 1 N–H and O–H groups in total. The van der Waals surface area contributed by atoms with Crippen LogP contribution in [0, 0.1) is 19.8 Å². The molecule has 1 aliphatic carbocycles. The maximum Gasteiger partial charge on any atom is 0.223 e.